The monoisotopic (exact) mass is 197 g/mol. The molecule has 0 spiro atoms. The molecule has 0 aliphatic carbocycles. The van der Waals surface area contributed by atoms with E-state index in [4.69, 9.17) is 0 Å². The number of piperidine rings is 1. The molecule has 0 aromatic rings. The largest absolute Gasteiger partial charge is 0.316 e. The van der Waals surface area contributed by atoms with Crippen LogP contribution in [0.1, 0.15) is 58.8 Å². The maximum absolute atomic E-state index is 3.48. The van der Waals surface area contributed by atoms with Crippen LogP contribution in [0.25, 0.3) is 0 Å². The molecule has 1 aliphatic heterocycles. The minimum absolute atomic E-state index is 0.912. The molecule has 1 saturated heterocycles. The Morgan fingerprint density at radius 3 is 2.64 bits per heavy atom. The second-order valence-corrected chi connectivity index (χ2v) is 4.93. The molecule has 1 aliphatic rings. The van der Waals surface area contributed by atoms with Crippen molar-refractivity contribution in [2.45, 2.75) is 58.8 Å². The van der Waals surface area contributed by atoms with Crippen LogP contribution >= 0.6 is 0 Å². The van der Waals surface area contributed by atoms with E-state index in [2.05, 4.69) is 19.2 Å². The minimum Gasteiger partial charge on any atom is -0.316 e. The smallest absolute Gasteiger partial charge is 0.00205 e. The normalized spacial score (nSPS) is 27.9. The van der Waals surface area contributed by atoms with Gasteiger partial charge in [0.2, 0.25) is 0 Å². The van der Waals surface area contributed by atoms with Gasteiger partial charge in [-0.3, -0.25) is 0 Å². The second kappa shape index (κ2) is 7.28. The Morgan fingerprint density at radius 2 is 1.93 bits per heavy atom. The van der Waals surface area contributed by atoms with E-state index in [0.717, 1.165) is 11.8 Å². The standard InChI is InChI=1S/C13H27N/c1-3-4-5-6-7-8-13-9-10-14-11-12(13)2/h12-14H,3-11H2,1-2H3. The lowest BCUT2D eigenvalue weighted by Gasteiger charge is -2.29. The van der Waals surface area contributed by atoms with Crippen molar-refractivity contribution in [3.63, 3.8) is 0 Å². The topological polar surface area (TPSA) is 12.0 Å². The van der Waals surface area contributed by atoms with E-state index in [9.17, 15) is 0 Å². The first-order valence-electron chi connectivity index (χ1n) is 6.55. The van der Waals surface area contributed by atoms with Gasteiger partial charge in [-0.1, -0.05) is 52.4 Å². The van der Waals surface area contributed by atoms with Gasteiger partial charge in [0, 0.05) is 0 Å². The third kappa shape index (κ3) is 4.45. The van der Waals surface area contributed by atoms with Gasteiger partial charge in [0.25, 0.3) is 0 Å². The molecule has 0 aromatic carbocycles. The van der Waals surface area contributed by atoms with Crippen LogP contribution < -0.4 is 5.32 Å². The molecular formula is C13H27N. The van der Waals surface area contributed by atoms with Crippen LogP contribution in [0.2, 0.25) is 0 Å². The fourth-order valence-electron chi connectivity index (χ4n) is 2.51. The van der Waals surface area contributed by atoms with Crippen LogP contribution in [0.4, 0.5) is 0 Å². The maximum Gasteiger partial charge on any atom is -0.00205 e. The molecule has 2 atom stereocenters. The van der Waals surface area contributed by atoms with E-state index >= 15 is 0 Å². The third-order valence-electron chi connectivity index (χ3n) is 3.64. The Kier molecular flexibility index (Phi) is 6.25. The number of nitrogens with one attached hydrogen (secondary N) is 1. The molecule has 0 bridgehead atoms. The van der Waals surface area contributed by atoms with Crippen molar-refractivity contribution in [3.05, 3.63) is 0 Å². The summed E-state index contributed by atoms with van der Waals surface area (Å²) in [5, 5.41) is 3.48. The summed E-state index contributed by atoms with van der Waals surface area (Å²) in [7, 11) is 0. The number of hydrogen-bond acceptors (Lipinski definition) is 1. The maximum atomic E-state index is 3.48. The predicted octanol–water partition coefficient (Wildman–Crippen LogP) is 3.59. The van der Waals surface area contributed by atoms with Crippen molar-refractivity contribution >= 4 is 0 Å². The van der Waals surface area contributed by atoms with Crippen molar-refractivity contribution in [2.75, 3.05) is 13.1 Å². The van der Waals surface area contributed by atoms with E-state index in [1.54, 1.807) is 0 Å². The van der Waals surface area contributed by atoms with Gasteiger partial charge < -0.3 is 5.32 Å². The van der Waals surface area contributed by atoms with Crippen molar-refractivity contribution in [1.29, 1.82) is 0 Å². The first kappa shape index (κ1) is 12.0. The van der Waals surface area contributed by atoms with Gasteiger partial charge in [0.05, 0.1) is 0 Å². The van der Waals surface area contributed by atoms with Crippen LogP contribution in [0, 0.1) is 11.8 Å². The van der Waals surface area contributed by atoms with E-state index in [0.29, 0.717) is 0 Å². The van der Waals surface area contributed by atoms with Crippen LogP contribution in [-0.2, 0) is 0 Å². The highest BCUT2D eigenvalue weighted by Crippen LogP contribution is 2.24. The zero-order valence-electron chi connectivity index (χ0n) is 10.0. The highest BCUT2D eigenvalue weighted by atomic mass is 14.9. The Hall–Kier alpha value is -0.0400. The van der Waals surface area contributed by atoms with Crippen LogP contribution in [0.15, 0.2) is 0 Å². The van der Waals surface area contributed by atoms with Gasteiger partial charge in [-0.25, -0.2) is 0 Å². The average molecular weight is 197 g/mol. The summed E-state index contributed by atoms with van der Waals surface area (Å²) in [6.45, 7) is 7.20. The Labute approximate surface area is 89.7 Å². The van der Waals surface area contributed by atoms with Crippen LogP contribution in [0.5, 0.6) is 0 Å². The lowest BCUT2D eigenvalue weighted by Crippen LogP contribution is -2.34. The summed E-state index contributed by atoms with van der Waals surface area (Å²) in [5.74, 6) is 1.92. The Balaban J connectivity index is 1.99. The van der Waals surface area contributed by atoms with Crippen molar-refractivity contribution in [2.24, 2.45) is 11.8 Å². The molecule has 84 valence electrons. The zero-order valence-corrected chi connectivity index (χ0v) is 10.0. The van der Waals surface area contributed by atoms with Gasteiger partial charge >= 0.3 is 0 Å². The quantitative estimate of drug-likeness (QED) is 0.642. The van der Waals surface area contributed by atoms with E-state index in [1.165, 1.54) is 58.0 Å². The Morgan fingerprint density at radius 1 is 1.14 bits per heavy atom. The summed E-state index contributed by atoms with van der Waals surface area (Å²) in [6.07, 6.45) is 10.1. The van der Waals surface area contributed by atoms with E-state index in [-0.39, 0.29) is 0 Å². The minimum atomic E-state index is 0.912. The van der Waals surface area contributed by atoms with Crippen molar-refractivity contribution < 1.29 is 0 Å². The van der Waals surface area contributed by atoms with Gasteiger partial charge in [0.1, 0.15) is 0 Å². The lowest BCUT2D eigenvalue weighted by atomic mass is 9.84. The lowest BCUT2D eigenvalue weighted by molar-refractivity contribution is 0.252. The van der Waals surface area contributed by atoms with Crippen molar-refractivity contribution in [3.8, 4) is 0 Å². The van der Waals surface area contributed by atoms with Gasteiger partial charge in [0.15, 0.2) is 0 Å². The Bertz CT molecular complexity index is 133. The summed E-state index contributed by atoms with van der Waals surface area (Å²) in [6, 6.07) is 0. The first-order chi connectivity index (χ1) is 6.84. The van der Waals surface area contributed by atoms with Gasteiger partial charge in [-0.15, -0.1) is 0 Å². The molecule has 14 heavy (non-hydrogen) atoms. The van der Waals surface area contributed by atoms with Crippen LogP contribution in [-0.4, -0.2) is 13.1 Å². The number of hydrogen-bond donors (Lipinski definition) is 1. The molecule has 2 unspecified atom stereocenters. The van der Waals surface area contributed by atoms with Gasteiger partial charge in [-0.05, 0) is 31.3 Å². The number of rotatable bonds is 6. The fraction of sp³-hybridized carbons (Fsp3) is 1.00. The summed E-state index contributed by atoms with van der Waals surface area (Å²) in [5.41, 5.74) is 0. The highest BCUT2D eigenvalue weighted by molar-refractivity contribution is 4.74. The average Bonchev–Trinajstić information content (AvgIpc) is 2.20. The molecule has 1 heterocycles. The van der Waals surface area contributed by atoms with Crippen molar-refractivity contribution in [1.82, 2.24) is 5.32 Å². The summed E-state index contributed by atoms with van der Waals surface area (Å²) < 4.78 is 0. The molecule has 1 rings (SSSR count). The molecule has 1 fully saturated rings. The summed E-state index contributed by atoms with van der Waals surface area (Å²) in [4.78, 5) is 0. The molecule has 1 N–H and O–H groups in total. The molecule has 0 aromatic heterocycles. The van der Waals surface area contributed by atoms with E-state index < -0.39 is 0 Å². The third-order valence-corrected chi connectivity index (χ3v) is 3.64. The predicted molar refractivity (Wildman–Crippen MR) is 63.5 cm³/mol. The number of unbranched alkanes of at least 4 members (excludes halogenated alkanes) is 4. The van der Waals surface area contributed by atoms with Crippen LogP contribution in [0.3, 0.4) is 0 Å². The molecular weight excluding hydrogens is 170 g/mol. The fourth-order valence-corrected chi connectivity index (χ4v) is 2.51. The first-order valence-corrected chi connectivity index (χ1v) is 6.55. The molecule has 0 radical (unpaired) electrons. The van der Waals surface area contributed by atoms with E-state index in [1.807, 2.05) is 0 Å². The molecule has 1 nitrogen and oxygen atoms in total. The molecule has 1 heteroatoms. The van der Waals surface area contributed by atoms with Gasteiger partial charge in [-0.2, -0.15) is 0 Å². The molecule has 0 amide bonds. The highest BCUT2D eigenvalue weighted by Gasteiger charge is 2.19. The molecule has 0 saturated carbocycles. The zero-order chi connectivity index (χ0) is 10.2. The summed E-state index contributed by atoms with van der Waals surface area (Å²) >= 11 is 0. The second-order valence-electron chi connectivity index (χ2n) is 4.93. The SMILES string of the molecule is CCCCCCCC1CCNCC1C.